The van der Waals surface area contributed by atoms with Gasteiger partial charge in [0.1, 0.15) is 5.75 Å². The number of thiazole rings is 1. The van der Waals surface area contributed by atoms with E-state index in [9.17, 15) is 0 Å². The first-order chi connectivity index (χ1) is 10.2. The van der Waals surface area contributed by atoms with Gasteiger partial charge >= 0.3 is 0 Å². The van der Waals surface area contributed by atoms with E-state index in [4.69, 9.17) is 4.74 Å². The predicted molar refractivity (Wildman–Crippen MR) is 89.3 cm³/mol. The van der Waals surface area contributed by atoms with E-state index in [-0.39, 0.29) is 0 Å². The molecule has 0 fully saturated rings. The van der Waals surface area contributed by atoms with Crippen molar-refractivity contribution in [1.82, 2.24) is 10.3 Å². The van der Waals surface area contributed by atoms with Crippen molar-refractivity contribution in [3.05, 3.63) is 45.9 Å². The standard InChI is InChI=1S/C17H24N2OS/c1-4-9-18-15(11-17-19-13(2)12-21-17)10-14-7-5-6-8-16(14)20-3/h5-8,12,15,18H,4,9-11H2,1-3H3. The molecule has 0 bridgehead atoms. The molecule has 1 atom stereocenters. The summed E-state index contributed by atoms with van der Waals surface area (Å²) in [6.07, 6.45) is 3.07. The number of rotatable bonds is 8. The molecule has 0 aliphatic rings. The van der Waals surface area contributed by atoms with Crippen LogP contribution in [0.2, 0.25) is 0 Å². The number of para-hydroxylation sites is 1. The van der Waals surface area contributed by atoms with Crippen LogP contribution in [0.1, 0.15) is 29.6 Å². The molecule has 0 spiro atoms. The Kier molecular flexibility index (Phi) is 6.21. The summed E-state index contributed by atoms with van der Waals surface area (Å²) in [6.45, 7) is 5.28. The van der Waals surface area contributed by atoms with Crippen molar-refractivity contribution in [2.75, 3.05) is 13.7 Å². The number of methoxy groups -OCH3 is 1. The number of nitrogens with zero attached hydrogens (tertiary/aromatic N) is 1. The van der Waals surface area contributed by atoms with Crippen LogP contribution in [0.4, 0.5) is 0 Å². The summed E-state index contributed by atoms with van der Waals surface area (Å²) in [4.78, 5) is 4.59. The number of hydrogen-bond donors (Lipinski definition) is 1. The van der Waals surface area contributed by atoms with Crippen molar-refractivity contribution >= 4 is 11.3 Å². The van der Waals surface area contributed by atoms with Crippen molar-refractivity contribution in [2.45, 2.75) is 39.2 Å². The average molecular weight is 304 g/mol. The number of aryl methyl sites for hydroxylation is 1. The van der Waals surface area contributed by atoms with Crippen LogP contribution < -0.4 is 10.1 Å². The highest BCUT2D eigenvalue weighted by Gasteiger charge is 2.14. The number of benzene rings is 1. The van der Waals surface area contributed by atoms with E-state index < -0.39 is 0 Å². The van der Waals surface area contributed by atoms with Crippen LogP contribution in [-0.4, -0.2) is 24.7 Å². The Bertz CT molecular complexity index is 553. The monoisotopic (exact) mass is 304 g/mol. The van der Waals surface area contributed by atoms with Gasteiger partial charge in [0, 0.05) is 23.5 Å². The lowest BCUT2D eigenvalue weighted by atomic mass is 10.0. The van der Waals surface area contributed by atoms with Gasteiger partial charge in [-0.2, -0.15) is 0 Å². The highest BCUT2D eigenvalue weighted by Crippen LogP contribution is 2.21. The largest absolute Gasteiger partial charge is 0.496 e. The molecule has 114 valence electrons. The van der Waals surface area contributed by atoms with Crippen molar-refractivity contribution in [3.63, 3.8) is 0 Å². The number of hydrogen-bond acceptors (Lipinski definition) is 4. The first-order valence-electron chi connectivity index (χ1n) is 7.49. The van der Waals surface area contributed by atoms with Crippen LogP contribution in [0.15, 0.2) is 29.6 Å². The third-order valence-electron chi connectivity index (χ3n) is 3.43. The maximum absolute atomic E-state index is 5.46. The lowest BCUT2D eigenvalue weighted by Gasteiger charge is -2.19. The molecule has 4 heteroatoms. The lowest BCUT2D eigenvalue weighted by Crippen LogP contribution is -2.34. The summed E-state index contributed by atoms with van der Waals surface area (Å²) >= 11 is 1.75. The zero-order valence-electron chi connectivity index (χ0n) is 13.1. The second kappa shape index (κ2) is 8.15. The lowest BCUT2D eigenvalue weighted by molar-refractivity contribution is 0.404. The van der Waals surface area contributed by atoms with E-state index in [0.717, 1.165) is 37.3 Å². The Morgan fingerprint density at radius 1 is 1.29 bits per heavy atom. The van der Waals surface area contributed by atoms with E-state index >= 15 is 0 Å². The molecule has 2 aromatic rings. The Morgan fingerprint density at radius 2 is 2.10 bits per heavy atom. The first kappa shape index (κ1) is 16.0. The topological polar surface area (TPSA) is 34.2 Å². The van der Waals surface area contributed by atoms with Crippen molar-refractivity contribution in [3.8, 4) is 5.75 Å². The van der Waals surface area contributed by atoms with E-state index in [2.05, 4.69) is 41.7 Å². The van der Waals surface area contributed by atoms with Crippen LogP contribution in [0.3, 0.4) is 0 Å². The third-order valence-corrected chi connectivity index (χ3v) is 4.42. The molecule has 3 nitrogen and oxygen atoms in total. The smallest absolute Gasteiger partial charge is 0.122 e. The minimum atomic E-state index is 0.395. The fraction of sp³-hybridized carbons (Fsp3) is 0.471. The summed E-state index contributed by atoms with van der Waals surface area (Å²) in [7, 11) is 1.73. The fourth-order valence-electron chi connectivity index (χ4n) is 2.41. The van der Waals surface area contributed by atoms with Crippen molar-refractivity contribution < 1.29 is 4.74 Å². The second-order valence-corrected chi connectivity index (χ2v) is 6.20. The highest BCUT2D eigenvalue weighted by molar-refractivity contribution is 7.09. The van der Waals surface area contributed by atoms with E-state index in [1.165, 1.54) is 10.6 Å². The summed E-state index contributed by atoms with van der Waals surface area (Å²) < 4.78 is 5.46. The second-order valence-electron chi connectivity index (χ2n) is 5.25. The quantitative estimate of drug-likeness (QED) is 0.809. The molecule has 0 saturated carbocycles. The average Bonchev–Trinajstić information content (AvgIpc) is 2.90. The van der Waals surface area contributed by atoms with Gasteiger partial charge in [-0.1, -0.05) is 25.1 Å². The van der Waals surface area contributed by atoms with Crippen molar-refractivity contribution in [2.24, 2.45) is 0 Å². The van der Waals surface area contributed by atoms with Gasteiger partial charge in [0.05, 0.1) is 12.1 Å². The molecular formula is C17H24N2OS. The van der Waals surface area contributed by atoms with Crippen LogP contribution in [-0.2, 0) is 12.8 Å². The van der Waals surface area contributed by atoms with Gasteiger partial charge in [-0.15, -0.1) is 11.3 Å². The van der Waals surface area contributed by atoms with Crippen LogP contribution in [0.25, 0.3) is 0 Å². The molecule has 0 aliphatic carbocycles. The van der Waals surface area contributed by atoms with Gasteiger partial charge in [0.15, 0.2) is 0 Å². The molecule has 0 saturated heterocycles. The Labute approximate surface area is 131 Å². The van der Waals surface area contributed by atoms with Crippen LogP contribution in [0, 0.1) is 6.92 Å². The molecule has 1 aromatic heterocycles. The van der Waals surface area contributed by atoms with E-state index in [1.54, 1.807) is 18.4 Å². The number of ether oxygens (including phenoxy) is 1. The third kappa shape index (κ3) is 4.83. The first-order valence-corrected chi connectivity index (χ1v) is 8.37. The molecular weight excluding hydrogens is 280 g/mol. The fourth-order valence-corrected chi connectivity index (χ4v) is 3.26. The Balaban J connectivity index is 2.08. The van der Waals surface area contributed by atoms with E-state index in [1.807, 2.05) is 12.1 Å². The zero-order valence-corrected chi connectivity index (χ0v) is 13.9. The number of aromatic nitrogens is 1. The molecule has 0 amide bonds. The minimum Gasteiger partial charge on any atom is -0.496 e. The molecule has 0 aliphatic heterocycles. The zero-order chi connectivity index (χ0) is 15.1. The SMILES string of the molecule is CCCNC(Cc1nc(C)cs1)Cc1ccccc1OC. The molecule has 1 heterocycles. The van der Waals surface area contributed by atoms with E-state index in [0.29, 0.717) is 6.04 Å². The summed E-state index contributed by atoms with van der Waals surface area (Å²) in [6, 6.07) is 8.65. The van der Waals surface area contributed by atoms with Gasteiger partial charge in [0.2, 0.25) is 0 Å². The molecule has 2 rings (SSSR count). The van der Waals surface area contributed by atoms with Crippen molar-refractivity contribution in [1.29, 1.82) is 0 Å². The maximum Gasteiger partial charge on any atom is 0.122 e. The molecule has 1 N–H and O–H groups in total. The summed E-state index contributed by atoms with van der Waals surface area (Å²) in [5.74, 6) is 0.969. The molecule has 21 heavy (non-hydrogen) atoms. The van der Waals surface area contributed by atoms with Gasteiger partial charge in [0.25, 0.3) is 0 Å². The molecule has 1 aromatic carbocycles. The van der Waals surface area contributed by atoms with Gasteiger partial charge < -0.3 is 10.1 Å². The molecule has 1 unspecified atom stereocenters. The van der Waals surface area contributed by atoms with Gasteiger partial charge in [-0.05, 0) is 37.9 Å². The van der Waals surface area contributed by atoms with Gasteiger partial charge in [-0.25, -0.2) is 4.98 Å². The number of nitrogens with one attached hydrogen (secondary N) is 1. The normalized spacial score (nSPS) is 12.3. The Morgan fingerprint density at radius 3 is 2.76 bits per heavy atom. The minimum absolute atomic E-state index is 0.395. The highest BCUT2D eigenvalue weighted by atomic mass is 32.1. The molecule has 0 radical (unpaired) electrons. The maximum atomic E-state index is 5.46. The summed E-state index contributed by atoms with van der Waals surface area (Å²) in [5.41, 5.74) is 2.36. The summed E-state index contributed by atoms with van der Waals surface area (Å²) in [5, 5.41) is 6.96. The Hall–Kier alpha value is -1.39. The predicted octanol–water partition coefficient (Wildman–Crippen LogP) is 3.61. The van der Waals surface area contributed by atoms with Gasteiger partial charge in [-0.3, -0.25) is 0 Å². The van der Waals surface area contributed by atoms with Crippen LogP contribution in [0.5, 0.6) is 5.75 Å². The van der Waals surface area contributed by atoms with Crippen LogP contribution >= 0.6 is 11.3 Å².